The van der Waals surface area contributed by atoms with E-state index in [1.165, 1.54) is 5.69 Å². The third-order valence-electron chi connectivity index (χ3n) is 3.12. The van der Waals surface area contributed by atoms with Crippen LogP contribution < -0.4 is 0 Å². The van der Waals surface area contributed by atoms with Crippen molar-refractivity contribution in [1.82, 2.24) is 14.7 Å². The van der Waals surface area contributed by atoms with E-state index >= 15 is 0 Å². The number of ether oxygens (including phenoxy) is 1. The van der Waals surface area contributed by atoms with E-state index in [0.717, 1.165) is 36.5 Å². The summed E-state index contributed by atoms with van der Waals surface area (Å²) in [7, 11) is 2.00. The monoisotopic (exact) mass is 287 g/mol. The van der Waals surface area contributed by atoms with Gasteiger partial charge in [-0.2, -0.15) is 5.10 Å². The lowest BCUT2D eigenvalue weighted by molar-refractivity contribution is -0.00546. The highest BCUT2D eigenvalue weighted by Crippen LogP contribution is 2.22. The molecule has 1 unspecified atom stereocenters. The van der Waals surface area contributed by atoms with Gasteiger partial charge in [0.05, 0.1) is 29.1 Å². The fraction of sp³-hybridized carbons (Fsp3) is 0.727. The topological polar surface area (TPSA) is 30.3 Å². The minimum absolute atomic E-state index is 0.482. The molecule has 0 bridgehead atoms. The van der Waals surface area contributed by atoms with Gasteiger partial charge in [0.25, 0.3) is 0 Å². The van der Waals surface area contributed by atoms with Crippen molar-refractivity contribution in [3.63, 3.8) is 0 Å². The molecular formula is C11H18BrN3O. The summed E-state index contributed by atoms with van der Waals surface area (Å²) in [4.78, 5) is 2.44. The molecule has 0 saturated carbocycles. The third-order valence-corrected chi connectivity index (χ3v) is 4.15. The summed E-state index contributed by atoms with van der Waals surface area (Å²) in [6.45, 7) is 7.82. The van der Waals surface area contributed by atoms with Crippen LogP contribution in [0.5, 0.6) is 0 Å². The Bertz CT molecular complexity index is 378. The Hall–Kier alpha value is -0.390. The number of hydrogen-bond acceptors (Lipinski definition) is 3. The van der Waals surface area contributed by atoms with Crippen molar-refractivity contribution >= 4 is 15.9 Å². The number of aromatic nitrogens is 2. The Labute approximate surface area is 105 Å². The number of hydrogen-bond donors (Lipinski definition) is 0. The molecule has 1 saturated heterocycles. The Morgan fingerprint density at radius 1 is 1.56 bits per heavy atom. The van der Waals surface area contributed by atoms with Gasteiger partial charge in [0.2, 0.25) is 0 Å². The van der Waals surface area contributed by atoms with Crippen molar-refractivity contribution in [2.45, 2.75) is 26.4 Å². The second kappa shape index (κ2) is 4.85. The molecule has 1 aromatic rings. The standard InChI is InChI=1S/C11H18BrN3O/c1-8-7-16-5-4-15(8)6-10-11(12)9(2)13-14(10)3/h8H,4-7H2,1-3H3. The summed E-state index contributed by atoms with van der Waals surface area (Å²) < 4.78 is 8.53. The molecule has 0 spiro atoms. The van der Waals surface area contributed by atoms with E-state index in [1.807, 2.05) is 18.7 Å². The number of nitrogens with zero attached hydrogens (tertiary/aromatic N) is 3. The highest BCUT2D eigenvalue weighted by atomic mass is 79.9. The van der Waals surface area contributed by atoms with Crippen molar-refractivity contribution in [2.24, 2.45) is 7.05 Å². The molecule has 4 nitrogen and oxygen atoms in total. The lowest BCUT2D eigenvalue weighted by Crippen LogP contribution is -2.43. The zero-order valence-electron chi connectivity index (χ0n) is 10.0. The maximum Gasteiger partial charge on any atom is 0.0739 e. The van der Waals surface area contributed by atoms with E-state index in [9.17, 15) is 0 Å². The van der Waals surface area contributed by atoms with Crippen LogP contribution in [-0.4, -0.2) is 40.5 Å². The summed E-state index contributed by atoms with van der Waals surface area (Å²) >= 11 is 3.61. The number of rotatable bonds is 2. The molecule has 1 aliphatic heterocycles. The van der Waals surface area contributed by atoms with Gasteiger partial charge in [0, 0.05) is 26.2 Å². The van der Waals surface area contributed by atoms with Crippen molar-refractivity contribution in [3.05, 3.63) is 15.9 Å². The molecule has 5 heteroatoms. The van der Waals surface area contributed by atoms with E-state index in [1.54, 1.807) is 0 Å². The largest absolute Gasteiger partial charge is 0.379 e. The van der Waals surface area contributed by atoms with Gasteiger partial charge in [0.15, 0.2) is 0 Å². The molecule has 90 valence electrons. The van der Waals surface area contributed by atoms with Crippen molar-refractivity contribution in [2.75, 3.05) is 19.8 Å². The first kappa shape index (κ1) is 12.1. The molecule has 0 radical (unpaired) electrons. The summed E-state index contributed by atoms with van der Waals surface area (Å²) in [5.74, 6) is 0. The second-order valence-electron chi connectivity index (χ2n) is 4.36. The average molecular weight is 288 g/mol. The average Bonchev–Trinajstić information content (AvgIpc) is 2.48. The lowest BCUT2D eigenvalue weighted by atomic mass is 10.2. The fourth-order valence-corrected chi connectivity index (χ4v) is 2.50. The molecule has 2 heterocycles. The van der Waals surface area contributed by atoms with Crippen molar-refractivity contribution in [1.29, 1.82) is 0 Å². The van der Waals surface area contributed by atoms with Crippen LogP contribution in [0.3, 0.4) is 0 Å². The summed E-state index contributed by atoms with van der Waals surface area (Å²) in [6, 6.07) is 0.482. The van der Waals surface area contributed by atoms with E-state index in [2.05, 4.69) is 32.9 Å². The molecule has 16 heavy (non-hydrogen) atoms. The van der Waals surface area contributed by atoms with E-state index in [4.69, 9.17) is 4.74 Å². The number of morpholine rings is 1. The van der Waals surface area contributed by atoms with Crippen LogP contribution in [0, 0.1) is 6.92 Å². The zero-order chi connectivity index (χ0) is 11.7. The summed E-state index contributed by atoms with van der Waals surface area (Å²) in [6.07, 6.45) is 0. The normalized spacial score (nSPS) is 22.6. The van der Waals surface area contributed by atoms with Crippen LogP contribution >= 0.6 is 15.9 Å². The number of halogens is 1. The highest BCUT2D eigenvalue weighted by molar-refractivity contribution is 9.10. The van der Waals surface area contributed by atoms with Gasteiger partial charge in [0.1, 0.15) is 0 Å². The minimum atomic E-state index is 0.482. The first-order chi connectivity index (χ1) is 7.59. The Morgan fingerprint density at radius 2 is 2.31 bits per heavy atom. The van der Waals surface area contributed by atoms with Gasteiger partial charge in [-0.1, -0.05) is 0 Å². The maximum absolute atomic E-state index is 5.44. The molecular weight excluding hydrogens is 270 g/mol. The number of aryl methyl sites for hydroxylation is 2. The maximum atomic E-state index is 5.44. The molecule has 0 aromatic carbocycles. The first-order valence-corrected chi connectivity index (χ1v) is 6.38. The Morgan fingerprint density at radius 3 is 2.88 bits per heavy atom. The van der Waals surface area contributed by atoms with E-state index < -0.39 is 0 Å². The Kier molecular flexibility index (Phi) is 3.66. The van der Waals surface area contributed by atoms with Gasteiger partial charge in [-0.15, -0.1) is 0 Å². The predicted octanol–water partition coefficient (Wildman–Crippen LogP) is 1.71. The molecule has 0 amide bonds. The van der Waals surface area contributed by atoms with Gasteiger partial charge in [-0.05, 0) is 29.8 Å². The molecule has 1 aliphatic rings. The molecule has 1 atom stereocenters. The van der Waals surface area contributed by atoms with E-state index in [0.29, 0.717) is 6.04 Å². The molecule has 0 N–H and O–H groups in total. The van der Waals surface area contributed by atoms with Gasteiger partial charge >= 0.3 is 0 Å². The quantitative estimate of drug-likeness (QED) is 0.830. The van der Waals surface area contributed by atoms with Gasteiger partial charge in [-0.3, -0.25) is 9.58 Å². The van der Waals surface area contributed by atoms with E-state index in [-0.39, 0.29) is 0 Å². The molecule has 1 fully saturated rings. The van der Waals surface area contributed by atoms with Gasteiger partial charge in [-0.25, -0.2) is 0 Å². The third kappa shape index (κ3) is 2.31. The van der Waals surface area contributed by atoms with Crippen molar-refractivity contribution in [3.8, 4) is 0 Å². The summed E-state index contributed by atoms with van der Waals surface area (Å²) in [5, 5.41) is 4.41. The Balaban J connectivity index is 2.13. The van der Waals surface area contributed by atoms with Crippen LogP contribution in [0.4, 0.5) is 0 Å². The molecule has 0 aliphatic carbocycles. The van der Waals surface area contributed by atoms with Crippen LogP contribution in [0.15, 0.2) is 4.47 Å². The zero-order valence-corrected chi connectivity index (χ0v) is 11.6. The van der Waals surface area contributed by atoms with Crippen LogP contribution in [-0.2, 0) is 18.3 Å². The highest BCUT2D eigenvalue weighted by Gasteiger charge is 2.21. The van der Waals surface area contributed by atoms with Crippen LogP contribution in [0.2, 0.25) is 0 Å². The fourth-order valence-electron chi connectivity index (χ4n) is 2.04. The summed E-state index contributed by atoms with van der Waals surface area (Å²) in [5.41, 5.74) is 2.30. The van der Waals surface area contributed by atoms with Gasteiger partial charge < -0.3 is 4.74 Å². The van der Waals surface area contributed by atoms with Crippen molar-refractivity contribution < 1.29 is 4.74 Å². The lowest BCUT2D eigenvalue weighted by Gasteiger charge is -2.33. The second-order valence-corrected chi connectivity index (χ2v) is 5.16. The predicted molar refractivity (Wildman–Crippen MR) is 66.3 cm³/mol. The first-order valence-electron chi connectivity index (χ1n) is 5.59. The molecule has 1 aromatic heterocycles. The SMILES string of the molecule is Cc1nn(C)c(CN2CCOCC2C)c1Br. The van der Waals surface area contributed by atoms with Crippen LogP contribution in [0.25, 0.3) is 0 Å². The minimum Gasteiger partial charge on any atom is -0.379 e. The molecule has 2 rings (SSSR count). The smallest absolute Gasteiger partial charge is 0.0739 e. The van der Waals surface area contributed by atoms with Crippen LogP contribution in [0.1, 0.15) is 18.3 Å².